The molecular weight excluding hydrogens is 216 g/mol. The molecule has 0 spiro atoms. The molecular formula is C13H16N2O2. The highest BCUT2D eigenvalue weighted by Crippen LogP contribution is 2.08. The lowest BCUT2D eigenvalue weighted by Crippen LogP contribution is -2.21. The minimum Gasteiger partial charge on any atom is -0.383 e. The van der Waals surface area contributed by atoms with Crippen LogP contribution in [0.15, 0.2) is 42.1 Å². The highest BCUT2D eigenvalue weighted by atomic mass is 16.2. The van der Waals surface area contributed by atoms with Gasteiger partial charge >= 0.3 is 0 Å². The van der Waals surface area contributed by atoms with Crippen molar-refractivity contribution in [1.29, 1.82) is 0 Å². The number of ketones is 1. The molecule has 17 heavy (non-hydrogen) atoms. The summed E-state index contributed by atoms with van der Waals surface area (Å²) in [5.74, 6) is -0.649. The van der Waals surface area contributed by atoms with Crippen molar-refractivity contribution in [1.82, 2.24) is 4.90 Å². The van der Waals surface area contributed by atoms with Gasteiger partial charge in [-0.15, -0.1) is 0 Å². The van der Waals surface area contributed by atoms with Crippen molar-refractivity contribution in [2.75, 3.05) is 19.4 Å². The Bertz CT molecular complexity index is 436. The highest BCUT2D eigenvalue weighted by Gasteiger charge is 2.14. The van der Waals surface area contributed by atoms with Crippen LogP contribution in [0.5, 0.6) is 0 Å². The molecule has 4 nitrogen and oxygen atoms in total. The average Bonchev–Trinajstić information content (AvgIpc) is 2.26. The van der Waals surface area contributed by atoms with Crippen LogP contribution in [0.1, 0.15) is 6.92 Å². The minimum atomic E-state index is -0.391. The first-order chi connectivity index (χ1) is 8.00. The van der Waals surface area contributed by atoms with Crippen LogP contribution in [0, 0.1) is 0 Å². The Morgan fingerprint density at radius 2 is 1.76 bits per heavy atom. The number of nitrogens with zero attached hydrogens (tertiary/aromatic N) is 1. The lowest BCUT2D eigenvalue weighted by Gasteiger charge is -2.10. The largest absolute Gasteiger partial charge is 0.383 e. The van der Waals surface area contributed by atoms with Gasteiger partial charge in [-0.2, -0.15) is 0 Å². The van der Waals surface area contributed by atoms with E-state index in [0.717, 1.165) is 0 Å². The summed E-state index contributed by atoms with van der Waals surface area (Å²) >= 11 is 0. The van der Waals surface area contributed by atoms with Gasteiger partial charge < -0.3 is 10.2 Å². The molecule has 1 N–H and O–H groups in total. The van der Waals surface area contributed by atoms with Crippen molar-refractivity contribution in [3.8, 4) is 0 Å². The summed E-state index contributed by atoms with van der Waals surface area (Å²) in [6.07, 6.45) is 1.51. The molecule has 0 fully saturated rings. The van der Waals surface area contributed by atoms with Crippen LogP contribution in [0.25, 0.3) is 0 Å². The molecule has 1 aromatic carbocycles. The number of carbonyl (C=O) groups is 2. The summed E-state index contributed by atoms with van der Waals surface area (Å²) in [6, 6.07) is 9.03. The second-order valence-electron chi connectivity index (χ2n) is 3.88. The van der Waals surface area contributed by atoms with Crippen molar-refractivity contribution >= 4 is 17.4 Å². The minimum absolute atomic E-state index is 0.138. The van der Waals surface area contributed by atoms with Crippen LogP contribution >= 0.6 is 0 Å². The SMILES string of the molecule is CC(=O)/C(=C\N(C)C)C(=O)Nc1ccccc1. The Kier molecular flexibility index (Phi) is 4.46. The van der Waals surface area contributed by atoms with Gasteiger partial charge in [0, 0.05) is 26.0 Å². The van der Waals surface area contributed by atoms with E-state index in [1.165, 1.54) is 13.1 Å². The Hall–Kier alpha value is -2.10. The number of Topliss-reactive ketones (excluding diaryl/α,β-unsaturated/α-hetero) is 1. The van der Waals surface area contributed by atoms with E-state index in [1.807, 2.05) is 18.2 Å². The van der Waals surface area contributed by atoms with Gasteiger partial charge in [-0.1, -0.05) is 18.2 Å². The van der Waals surface area contributed by atoms with Crippen molar-refractivity contribution < 1.29 is 9.59 Å². The molecule has 0 heterocycles. The molecule has 0 unspecified atom stereocenters. The van der Waals surface area contributed by atoms with Gasteiger partial charge in [0.2, 0.25) is 0 Å². The maximum absolute atomic E-state index is 11.9. The van der Waals surface area contributed by atoms with Gasteiger partial charge in [-0.05, 0) is 19.1 Å². The molecule has 0 aromatic heterocycles. The lowest BCUT2D eigenvalue weighted by molar-refractivity contribution is -0.119. The quantitative estimate of drug-likeness (QED) is 0.488. The Morgan fingerprint density at radius 1 is 1.18 bits per heavy atom. The van der Waals surface area contributed by atoms with Crippen molar-refractivity contribution in [3.05, 3.63) is 42.1 Å². The number of para-hydroxylation sites is 1. The standard InChI is InChI=1S/C13H16N2O2/c1-10(16)12(9-15(2)3)13(17)14-11-7-5-4-6-8-11/h4-9H,1-3H3,(H,14,17)/b12-9+. The Balaban J connectivity index is 2.84. The Labute approximate surface area is 101 Å². The van der Waals surface area contributed by atoms with E-state index in [0.29, 0.717) is 5.69 Å². The maximum atomic E-state index is 11.9. The predicted molar refractivity (Wildman–Crippen MR) is 67.5 cm³/mol. The fourth-order valence-corrected chi connectivity index (χ4v) is 1.29. The molecule has 1 amide bonds. The van der Waals surface area contributed by atoms with Crippen LogP contribution < -0.4 is 5.32 Å². The first-order valence-electron chi connectivity index (χ1n) is 5.26. The molecule has 0 aliphatic heterocycles. The van der Waals surface area contributed by atoms with E-state index in [1.54, 1.807) is 31.1 Å². The summed E-state index contributed by atoms with van der Waals surface area (Å²) in [5, 5.41) is 2.67. The number of hydrogen-bond acceptors (Lipinski definition) is 3. The summed E-state index contributed by atoms with van der Waals surface area (Å²) in [5.41, 5.74) is 0.808. The fraction of sp³-hybridized carbons (Fsp3) is 0.231. The summed E-state index contributed by atoms with van der Waals surface area (Å²) in [7, 11) is 3.53. The van der Waals surface area contributed by atoms with Crippen molar-refractivity contribution in [2.24, 2.45) is 0 Å². The number of rotatable bonds is 4. The van der Waals surface area contributed by atoms with Gasteiger partial charge in [-0.25, -0.2) is 0 Å². The number of benzene rings is 1. The van der Waals surface area contributed by atoms with Gasteiger partial charge in [-0.3, -0.25) is 9.59 Å². The van der Waals surface area contributed by atoms with Gasteiger partial charge in [0.1, 0.15) is 0 Å². The van der Waals surface area contributed by atoms with Gasteiger partial charge in [0.25, 0.3) is 5.91 Å². The van der Waals surface area contributed by atoms with Crippen molar-refractivity contribution in [2.45, 2.75) is 6.92 Å². The monoisotopic (exact) mass is 232 g/mol. The fourth-order valence-electron chi connectivity index (χ4n) is 1.29. The first kappa shape index (κ1) is 13.0. The molecule has 0 saturated carbocycles. The Morgan fingerprint density at radius 3 is 2.24 bits per heavy atom. The smallest absolute Gasteiger partial charge is 0.260 e. The summed E-state index contributed by atoms with van der Waals surface area (Å²) in [6.45, 7) is 1.37. The third kappa shape index (κ3) is 4.10. The van der Waals surface area contributed by atoms with E-state index >= 15 is 0 Å². The third-order valence-corrected chi connectivity index (χ3v) is 2.04. The second kappa shape index (κ2) is 5.84. The van der Waals surface area contributed by atoms with Crippen LogP contribution in [0.4, 0.5) is 5.69 Å². The zero-order chi connectivity index (χ0) is 12.8. The molecule has 0 radical (unpaired) electrons. The normalized spacial score (nSPS) is 10.9. The predicted octanol–water partition coefficient (Wildman–Crippen LogP) is 1.66. The topological polar surface area (TPSA) is 49.4 Å². The highest BCUT2D eigenvalue weighted by molar-refractivity contribution is 6.22. The van der Waals surface area contributed by atoms with Gasteiger partial charge in [0.15, 0.2) is 5.78 Å². The van der Waals surface area contributed by atoms with E-state index in [4.69, 9.17) is 0 Å². The molecule has 1 aromatic rings. The lowest BCUT2D eigenvalue weighted by atomic mass is 10.2. The first-order valence-corrected chi connectivity index (χ1v) is 5.26. The van der Waals surface area contributed by atoms with Gasteiger partial charge in [0.05, 0.1) is 5.57 Å². The molecule has 0 saturated heterocycles. The number of nitrogens with one attached hydrogen (secondary N) is 1. The number of amides is 1. The number of carbonyl (C=O) groups excluding carboxylic acids is 2. The molecule has 0 aliphatic carbocycles. The van der Waals surface area contributed by atoms with Crippen molar-refractivity contribution in [3.63, 3.8) is 0 Å². The van der Waals surface area contributed by atoms with Crippen LogP contribution in [0.2, 0.25) is 0 Å². The van der Waals surface area contributed by atoms with Crippen LogP contribution in [-0.4, -0.2) is 30.7 Å². The van der Waals surface area contributed by atoms with E-state index in [2.05, 4.69) is 5.32 Å². The zero-order valence-corrected chi connectivity index (χ0v) is 10.2. The molecule has 1 rings (SSSR count). The van der Waals surface area contributed by atoms with E-state index < -0.39 is 5.91 Å². The van der Waals surface area contributed by atoms with Crippen LogP contribution in [0.3, 0.4) is 0 Å². The average molecular weight is 232 g/mol. The van der Waals surface area contributed by atoms with E-state index in [9.17, 15) is 9.59 Å². The number of hydrogen-bond donors (Lipinski definition) is 1. The molecule has 0 aliphatic rings. The maximum Gasteiger partial charge on any atom is 0.260 e. The molecule has 4 heteroatoms. The number of anilines is 1. The molecule has 0 atom stereocenters. The zero-order valence-electron chi connectivity index (χ0n) is 10.2. The van der Waals surface area contributed by atoms with E-state index in [-0.39, 0.29) is 11.4 Å². The summed E-state index contributed by atoms with van der Waals surface area (Å²) in [4.78, 5) is 24.9. The third-order valence-electron chi connectivity index (χ3n) is 2.04. The molecule has 0 bridgehead atoms. The second-order valence-corrected chi connectivity index (χ2v) is 3.88. The summed E-state index contributed by atoms with van der Waals surface area (Å²) < 4.78 is 0. The van der Waals surface area contributed by atoms with Crippen LogP contribution in [-0.2, 0) is 9.59 Å². The molecule has 90 valence electrons.